The fourth-order valence-corrected chi connectivity index (χ4v) is 4.18. The Labute approximate surface area is 170 Å². The highest BCUT2D eigenvalue weighted by molar-refractivity contribution is 6.01. The van der Waals surface area contributed by atoms with Crippen molar-refractivity contribution >= 4 is 28.5 Å². The Morgan fingerprint density at radius 3 is 2.66 bits per heavy atom. The minimum atomic E-state index is -0.494. The molecule has 0 N–H and O–H groups in total. The van der Waals surface area contributed by atoms with Crippen molar-refractivity contribution in [3.8, 4) is 0 Å². The zero-order chi connectivity index (χ0) is 20.5. The SMILES string of the molecule is CCc1nc2ccccc2c(C)c1C(=O)OCC(=O)N1c2ccccc2C[C@@H]1C. The summed E-state index contributed by atoms with van der Waals surface area (Å²) >= 11 is 0. The molecule has 0 spiro atoms. The number of para-hydroxylation sites is 2. The lowest BCUT2D eigenvalue weighted by Gasteiger charge is -2.22. The number of ether oxygens (including phenoxy) is 1. The maximum atomic E-state index is 12.9. The second-order valence-electron chi connectivity index (χ2n) is 7.45. The fraction of sp³-hybridized carbons (Fsp3) is 0.292. The van der Waals surface area contributed by atoms with Gasteiger partial charge in [-0.3, -0.25) is 9.78 Å². The van der Waals surface area contributed by atoms with Gasteiger partial charge in [-0.1, -0.05) is 43.3 Å². The number of amides is 1. The van der Waals surface area contributed by atoms with Crippen LogP contribution in [0.2, 0.25) is 0 Å². The molecule has 5 heteroatoms. The Kier molecular flexibility index (Phi) is 5.05. The number of anilines is 1. The number of nitrogens with zero attached hydrogens (tertiary/aromatic N) is 2. The molecule has 1 aliphatic rings. The van der Waals surface area contributed by atoms with Crippen LogP contribution in [0, 0.1) is 6.92 Å². The van der Waals surface area contributed by atoms with Crippen molar-refractivity contribution in [1.82, 2.24) is 4.98 Å². The predicted octanol–water partition coefficient (Wildman–Crippen LogP) is 4.24. The van der Waals surface area contributed by atoms with E-state index in [1.54, 1.807) is 4.90 Å². The Bertz CT molecular complexity index is 1110. The average Bonchev–Trinajstić information content (AvgIpc) is 3.07. The molecular weight excluding hydrogens is 364 g/mol. The number of aromatic nitrogens is 1. The van der Waals surface area contributed by atoms with Gasteiger partial charge in [0.25, 0.3) is 5.91 Å². The van der Waals surface area contributed by atoms with Gasteiger partial charge in [0.2, 0.25) is 0 Å². The Morgan fingerprint density at radius 2 is 1.86 bits per heavy atom. The summed E-state index contributed by atoms with van der Waals surface area (Å²) in [5.74, 6) is -0.702. The fourth-order valence-electron chi connectivity index (χ4n) is 4.18. The second kappa shape index (κ2) is 7.66. The van der Waals surface area contributed by atoms with Crippen LogP contribution >= 0.6 is 0 Å². The molecule has 1 aliphatic heterocycles. The highest BCUT2D eigenvalue weighted by Gasteiger charge is 2.31. The van der Waals surface area contributed by atoms with Crippen molar-refractivity contribution in [2.75, 3.05) is 11.5 Å². The number of hydrogen-bond acceptors (Lipinski definition) is 4. The minimum absolute atomic E-state index is 0.0499. The number of hydrogen-bond donors (Lipinski definition) is 0. The van der Waals surface area contributed by atoms with E-state index in [-0.39, 0.29) is 18.6 Å². The number of carbonyl (C=O) groups excluding carboxylic acids is 2. The van der Waals surface area contributed by atoms with Crippen LogP contribution in [0.3, 0.4) is 0 Å². The number of pyridine rings is 1. The summed E-state index contributed by atoms with van der Waals surface area (Å²) in [6, 6.07) is 15.6. The summed E-state index contributed by atoms with van der Waals surface area (Å²) in [5.41, 5.74) is 4.90. The van der Waals surface area contributed by atoms with Crippen LogP contribution in [0.5, 0.6) is 0 Å². The lowest BCUT2D eigenvalue weighted by Crippen LogP contribution is -2.38. The minimum Gasteiger partial charge on any atom is -0.452 e. The van der Waals surface area contributed by atoms with Gasteiger partial charge in [-0.05, 0) is 49.9 Å². The van der Waals surface area contributed by atoms with Gasteiger partial charge in [0, 0.05) is 17.1 Å². The van der Waals surface area contributed by atoms with Gasteiger partial charge >= 0.3 is 5.97 Å². The summed E-state index contributed by atoms with van der Waals surface area (Å²) in [4.78, 5) is 32.1. The van der Waals surface area contributed by atoms with Gasteiger partial charge in [-0.25, -0.2) is 4.79 Å². The van der Waals surface area contributed by atoms with Crippen molar-refractivity contribution < 1.29 is 14.3 Å². The third-order valence-electron chi connectivity index (χ3n) is 5.57. The van der Waals surface area contributed by atoms with Crippen molar-refractivity contribution in [2.45, 2.75) is 39.7 Å². The summed E-state index contributed by atoms with van der Waals surface area (Å²) in [5, 5.41) is 0.921. The van der Waals surface area contributed by atoms with Crippen LogP contribution in [-0.4, -0.2) is 29.5 Å². The maximum absolute atomic E-state index is 12.9. The average molecular weight is 388 g/mol. The van der Waals surface area contributed by atoms with Gasteiger partial charge in [0.15, 0.2) is 6.61 Å². The third-order valence-corrected chi connectivity index (χ3v) is 5.57. The molecule has 1 amide bonds. The quantitative estimate of drug-likeness (QED) is 0.627. The molecule has 0 radical (unpaired) electrons. The number of fused-ring (bicyclic) bond motifs is 2. The van der Waals surface area contributed by atoms with Gasteiger partial charge in [0.1, 0.15) is 0 Å². The first-order valence-electron chi connectivity index (χ1n) is 9.96. The largest absolute Gasteiger partial charge is 0.452 e. The highest BCUT2D eigenvalue weighted by atomic mass is 16.5. The predicted molar refractivity (Wildman–Crippen MR) is 113 cm³/mol. The molecule has 3 aromatic rings. The van der Waals surface area contributed by atoms with Gasteiger partial charge in [-0.2, -0.15) is 0 Å². The van der Waals surface area contributed by atoms with E-state index in [0.29, 0.717) is 17.7 Å². The van der Waals surface area contributed by atoms with E-state index in [4.69, 9.17) is 4.74 Å². The summed E-state index contributed by atoms with van der Waals surface area (Å²) in [6.45, 7) is 5.58. The molecule has 29 heavy (non-hydrogen) atoms. The lowest BCUT2D eigenvalue weighted by atomic mass is 10.0. The molecular formula is C24H24N2O3. The van der Waals surface area contributed by atoms with Crippen LogP contribution in [0.1, 0.15) is 41.0 Å². The van der Waals surface area contributed by atoms with E-state index >= 15 is 0 Å². The van der Waals surface area contributed by atoms with Gasteiger partial charge in [-0.15, -0.1) is 0 Å². The highest BCUT2D eigenvalue weighted by Crippen LogP contribution is 2.32. The molecule has 0 saturated heterocycles. The smallest absolute Gasteiger partial charge is 0.340 e. The second-order valence-corrected chi connectivity index (χ2v) is 7.45. The topological polar surface area (TPSA) is 59.5 Å². The number of aryl methyl sites for hydroxylation is 2. The Hall–Kier alpha value is -3.21. The van der Waals surface area contributed by atoms with Crippen LogP contribution in [0.15, 0.2) is 48.5 Å². The van der Waals surface area contributed by atoms with E-state index in [1.807, 2.05) is 69.3 Å². The molecule has 0 aliphatic carbocycles. The molecule has 1 aromatic heterocycles. The monoisotopic (exact) mass is 388 g/mol. The van der Waals surface area contributed by atoms with Crippen LogP contribution < -0.4 is 4.90 Å². The first kappa shape index (κ1) is 19.1. The first-order valence-corrected chi connectivity index (χ1v) is 9.96. The Morgan fingerprint density at radius 1 is 1.14 bits per heavy atom. The van der Waals surface area contributed by atoms with E-state index in [2.05, 4.69) is 4.98 Å². The van der Waals surface area contributed by atoms with E-state index < -0.39 is 5.97 Å². The molecule has 0 fully saturated rings. The van der Waals surface area contributed by atoms with E-state index in [0.717, 1.165) is 34.1 Å². The molecule has 2 aromatic carbocycles. The molecule has 148 valence electrons. The summed E-state index contributed by atoms with van der Waals surface area (Å²) in [6.07, 6.45) is 1.42. The standard InChI is InChI=1S/C24H24N2O3/c1-4-19-23(16(3)18-10-6-7-11-20(18)25-19)24(28)29-14-22(27)26-15(2)13-17-9-5-8-12-21(17)26/h5-12,15H,4,13-14H2,1-3H3/t15-/m0/s1. The van der Waals surface area contributed by atoms with E-state index in [9.17, 15) is 9.59 Å². The summed E-state index contributed by atoms with van der Waals surface area (Å²) in [7, 11) is 0. The molecule has 0 bridgehead atoms. The van der Waals surface area contributed by atoms with Crippen molar-refractivity contribution in [3.63, 3.8) is 0 Å². The third kappa shape index (κ3) is 3.37. The maximum Gasteiger partial charge on any atom is 0.340 e. The zero-order valence-corrected chi connectivity index (χ0v) is 16.9. The van der Waals surface area contributed by atoms with Crippen LogP contribution in [0.25, 0.3) is 10.9 Å². The van der Waals surface area contributed by atoms with Crippen LogP contribution in [-0.2, 0) is 22.4 Å². The molecule has 4 rings (SSSR count). The number of esters is 1. The van der Waals surface area contributed by atoms with Crippen molar-refractivity contribution in [3.05, 3.63) is 70.9 Å². The molecule has 5 nitrogen and oxygen atoms in total. The van der Waals surface area contributed by atoms with Crippen molar-refractivity contribution in [1.29, 1.82) is 0 Å². The molecule has 1 atom stereocenters. The Balaban J connectivity index is 1.56. The summed E-state index contributed by atoms with van der Waals surface area (Å²) < 4.78 is 5.47. The number of carbonyl (C=O) groups is 2. The van der Waals surface area contributed by atoms with Gasteiger partial charge < -0.3 is 9.64 Å². The molecule has 0 unspecified atom stereocenters. The first-order chi connectivity index (χ1) is 14.0. The van der Waals surface area contributed by atoms with Gasteiger partial charge in [0.05, 0.1) is 16.8 Å². The molecule has 2 heterocycles. The van der Waals surface area contributed by atoms with E-state index in [1.165, 1.54) is 0 Å². The zero-order valence-electron chi connectivity index (χ0n) is 16.9. The van der Waals surface area contributed by atoms with Crippen molar-refractivity contribution in [2.24, 2.45) is 0 Å². The normalized spacial score (nSPS) is 15.4. The van der Waals surface area contributed by atoms with Crippen LogP contribution in [0.4, 0.5) is 5.69 Å². The number of rotatable bonds is 4. The lowest BCUT2D eigenvalue weighted by molar-refractivity contribution is -0.122. The molecule has 0 saturated carbocycles. The number of benzene rings is 2.